The monoisotopic (exact) mass is 311 g/mol. The van der Waals surface area contributed by atoms with Crippen LogP contribution in [0, 0.1) is 5.92 Å². The molecule has 1 fully saturated rings. The van der Waals surface area contributed by atoms with Crippen molar-refractivity contribution in [3.05, 3.63) is 24.3 Å². The average molecular weight is 311 g/mol. The van der Waals surface area contributed by atoms with Gasteiger partial charge < -0.3 is 10.6 Å². The first-order chi connectivity index (χ1) is 9.94. The lowest BCUT2D eigenvalue weighted by Gasteiger charge is -2.22. The number of anilines is 1. The van der Waals surface area contributed by atoms with Crippen molar-refractivity contribution in [3.8, 4) is 0 Å². The van der Waals surface area contributed by atoms with Crippen LogP contribution in [0.1, 0.15) is 12.8 Å². The fourth-order valence-corrected chi connectivity index (χ4v) is 2.99. The van der Waals surface area contributed by atoms with E-state index in [1.54, 1.807) is 12.1 Å². The summed E-state index contributed by atoms with van der Waals surface area (Å²) in [5, 5.41) is 5.25. The van der Waals surface area contributed by atoms with E-state index in [0.29, 0.717) is 12.8 Å². The Labute approximate surface area is 123 Å². The van der Waals surface area contributed by atoms with Crippen molar-refractivity contribution < 1.29 is 18.0 Å². The van der Waals surface area contributed by atoms with Gasteiger partial charge in [0, 0.05) is 13.0 Å². The summed E-state index contributed by atoms with van der Waals surface area (Å²) in [6.07, 6.45) is 0.757. The van der Waals surface area contributed by atoms with Crippen LogP contribution < -0.4 is 15.4 Å². The largest absolute Gasteiger partial charge is 0.355 e. The molecule has 1 aromatic carbocycles. The third-order valence-electron chi connectivity index (χ3n) is 3.34. The Morgan fingerprint density at radius 3 is 2.67 bits per heavy atom. The first kappa shape index (κ1) is 15.5. The Hall–Kier alpha value is -1.93. The second kappa shape index (κ2) is 6.23. The number of carbonyl (C=O) groups is 2. The smallest absolute Gasteiger partial charge is 0.242 e. The molecule has 1 atom stereocenters. The van der Waals surface area contributed by atoms with Gasteiger partial charge in [0.2, 0.25) is 21.8 Å². The van der Waals surface area contributed by atoms with Gasteiger partial charge in [-0.3, -0.25) is 9.59 Å². The highest BCUT2D eigenvalue weighted by Gasteiger charge is 2.26. The maximum absolute atomic E-state index is 12.2. The zero-order valence-corrected chi connectivity index (χ0v) is 12.4. The summed E-state index contributed by atoms with van der Waals surface area (Å²) < 4.78 is 26.0. The zero-order chi connectivity index (χ0) is 15.5. The van der Waals surface area contributed by atoms with Crippen molar-refractivity contribution in [2.75, 3.05) is 18.9 Å². The first-order valence-electron chi connectivity index (χ1n) is 6.54. The number of hydrogen-bond donors (Lipinski definition) is 3. The van der Waals surface area contributed by atoms with E-state index in [1.807, 2.05) is 0 Å². The summed E-state index contributed by atoms with van der Waals surface area (Å²) in [5.41, 5.74) is 0.230. The van der Waals surface area contributed by atoms with Gasteiger partial charge in [-0.25, -0.2) is 13.1 Å². The number of piperidine rings is 1. The van der Waals surface area contributed by atoms with E-state index in [4.69, 9.17) is 0 Å². The Bertz CT molecular complexity index is 647. The highest BCUT2D eigenvalue weighted by atomic mass is 32.2. The van der Waals surface area contributed by atoms with E-state index in [2.05, 4.69) is 15.4 Å². The van der Waals surface area contributed by atoms with Crippen molar-refractivity contribution in [1.82, 2.24) is 10.0 Å². The van der Waals surface area contributed by atoms with E-state index >= 15 is 0 Å². The van der Waals surface area contributed by atoms with Crippen molar-refractivity contribution in [1.29, 1.82) is 0 Å². The number of carbonyl (C=O) groups excluding carboxylic acids is 2. The van der Waals surface area contributed by atoms with Crippen LogP contribution in [0.25, 0.3) is 0 Å². The van der Waals surface area contributed by atoms with Gasteiger partial charge in [0.05, 0.1) is 11.6 Å². The van der Waals surface area contributed by atoms with Crippen LogP contribution in [0.4, 0.5) is 5.69 Å². The number of rotatable bonds is 4. The minimum absolute atomic E-state index is 0.0145. The lowest BCUT2D eigenvalue weighted by molar-refractivity contribution is -0.126. The molecule has 21 heavy (non-hydrogen) atoms. The topological polar surface area (TPSA) is 104 Å². The third-order valence-corrected chi connectivity index (χ3v) is 4.81. The molecule has 1 aliphatic rings. The molecule has 1 unspecified atom stereocenters. The molecule has 0 radical (unpaired) electrons. The molecule has 1 aliphatic heterocycles. The van der Waals surface area contributed by atoms with Gasteiger partial charge in [0.25, 0.3) is 0 Å². The standard InChI is InChI=1S/C13H17N3O4S/c1-14-21(19,20)11-5-3-2-4-10(11)16-13(18)9-6-7-12(17)15-8-9/h2-5,9,14H,6-8H2,1H3,(H,15,17)(H,16,18). The Morgan fingerprint density at radius 1 is 1.33 bits per heavy atom. The maximum atomic E-state index is 12.2. The molecule has 2 rings (SSSR count). The molecular weight excluding hydrogens is 294 g/mol. The maximum Gasteiger partial charge on any atom is 0.242 e. The van der Waals surface area contributed by atoms with Gasteiger partial charge in [-0.05, 0) is 25.6 Å². The minimum Gasteiger partial charge on any atom is -0.355 e. The summed E-state index contributed by atoms with van der Waals surface area (Å²) in [6.45, 7) is 0.269. The summed E-state index contributed by atoms with van der Waals surface area (Å²) in [4.78, 5) is 23.3. The van der Waals surface area contributed by atoms with Crippen LogP contribution in [-0.4, -0.2) is 33.8 Å². The summed E-state index contributed by atoms with van der Waals surface area (Å²) >= 11 is 0. The number of hydrogen-bond acceptors (Lipinski definition) is 4. The first-order valence-corrected chi connectivity index (χ1v) is 8.02. The molecule has 0 saturated carbocycles. The zero-order valence-electron chi connectivity index (χ0n) is 11.5. The fraction of sp³-hybridized carbons (Fsp3) is 0.385. The summed E-state index contributed by atoms with van der Waals surface area (Å²) in [5.74, 6) is -0.723. The van der Waals surface area contributed by atoms with Crippen molar-refractivity contribution >= 4 is 27.5 Å². The second-order valence-corrected chi connectivity index (χ2v) is 6.59. The van der Waals surface area contributed by atoms with Gasteiger partial charge in [0.15, 0.2) is 0 Å². The van der Waals surface area contributed by atoms with Crippen molar-refractivity contribution in [2.24, 2.45) is 5.92 Å². The van der Waals surface area contributed by atoms with Crippen LogP contribution in [0.5, 0.6) is 0 Å². The number of nitrogens with one attached hydrogen (secondary N) is 3. The molecule has 8 heteroatoms. The van der Waals surface area contributed by atoms with E-state index < -0.39 is 10.0 Å². The fourth-order valence-electron chi connectivity index (χ4n) is 2.11. The van der Waals surface area contributed by atoms with Gasteiger partial charge in [-0.1, -0.05) is 12.1 Å². The lowest BCUT2D eigenvalue weighted by atomic mass is 9.98. The number of amides is 2. The second-order valence-electron chi connectivity index (χ2n) is 4.73. The molecule has 114 valence electrons. The van der Waals surface area contributed by atoms with E-state index in [-0.39, 0.29) is 34.9 Å². The number of para-hydroxylation sites is 1. The molecular formula is C13H17N3O4S. The summed E-state index contributed by atoms with van der Waals surface area (Å²) in [6, 6.07) is 6.18. The number of sulfonamides is 1. The van der Waals surface area contributed by atoms with Crippen LogP contribution >= 0.6 is 0 Å². The molecule has 7 nitrogen and oxygen atoms in total. The van der Waals surface area contributed by atoms with Crippen molar-refractivity contribution in [2.45, 2.75) is 17.7 Å². The molecule has 2 amide bonds. The normalized spacial score (nSPS) is 18.9. The Morgan fingerprint density at radius 2 is 2.05 bits per heavy atom. The van der Waals surface area contributed by atoms with Gasteiger partial charge in [-0.2, -0.15) is 0 Å². The van der Waals surface area contributed by atoms with E-state index in [1.165, 1.54) is 19.2 Å². The molecule has 1 heterocycles. The van der Waals surface area contributed by atoms with Gasteiger partial charge in [-0.15, -0.1) is 0 Å². The highest BCUT2D eigenvalue weighted by Crippen LogP contribution is 2.22. The predicted molar refractivity (Wildman–Crippen MR) is 77.1 cm³/mol. The minimum atomic E-state index is -3.65. The summed E-state index contributed by atoms with van der Waals surface area (Å²) in [7, 11) is -2.34. The van der Waals surface area contributed by atoms with E-state index in [9.17, 15) is 18.0 Å². The molecule has 0 spiro atoms. The third kappa shape index (κ3) is 3.59. The molecule has 0 aromatic heterocycles. The van der Waals surface area contributed by atoms with E-state index in [0.717, 1.165) is 0 Å². The molecule has 3 N–H and O–H groups in total. The predicted octanol–water partition coefficient (Wildman–Crippen LogP) is 0.0594. The van der Waals surface area contributed by atoms with Crippen LogP contribution in [0.3, 0.4) is 0 Å². The van der Waals surface area contributed by atoms with Crippen LogP contribution in [-0.2, 0) is 19.6 Å². The molecule has 0 aliphatic carbocycles. The Balaban J connectivity index is 2.17. The van der Waals surface area contributed by atoms with Crippen molar-refractivity contribution in [3.63, 3.8) is 0 Å². The number of benzene rings is 1. The van der Waals surface area contributed by atoms with Crippen LogP contribution in [0.2, 0.25) is 0 Å². The highest BCUT2D eigenvalue weighted by molar-refractivity contribution is 7.89. The average Bonchev–Trinajstić information content (AvgIpc) is 2.48. The van der Waals surface area contributed by atoms with Crippen LogP contribution in [0.15, 0.2) is 29.2 Å². The molecule has 1 saturated heterocycles. The Kier molecular flexibility index (Phi) is 4.59. The quantitative estimate of drug-likeness (QED) is 0.731. The van der Waals surface area contributed by atoms with Gasteiger partial charge >= 0.3 is 0 Å². The molecule has 0 bridgehead atoms. The lowest BCUT2D eigenvalue weighted by Crippen LogP contribution is -2.40. The molecule has 1 aromatic rings. The SMILES string of the molecule is CNS(=O)(=O)c1ccccc1NC(=O)C1CCC(=O)NC1. The van der Waals surface area contributed by atoms with Gasteiger partial charge in [0.1, 0.15) is 4.90 Å².